The third-order valence-electron chi connectivity index (χ3n) is 3.45. The van der Waals surface area contributed by atoms with E-state index in [2.05, 4.69) is 15.3 Å². The maximum Gasteiger partial charge on any atom is 0.268 e. The summed E-state index contributed by atoms with van der Waals surface area (Å²) in [5, 5.41) is 3.82. The summed E-state index contributed by atoms with van der Waals surface area (Å²) in [6, 6.07) is 7.60. The first-order valence-corrected chi connectivity index (χ1v) is 6.59. The molecular weight excluding hydrogens is 268 g/mol. The van der Waals surface area contributed by atoms with Gasteiger partial charge in [-0.2, -0.15) is 0 Å². The number of amides is 1. The molecule has 0 saturated carbocycles. The fourth-order valence-corrected chi connectivity index (χ4v) is 2.32. The van der Waals surface area contributed by atoms with Gasteiger partial charge in [0, 0.05) is 30.3 Å². The molecule has 6 nitrogen and oxygen atoms in total. The highest BCUT2D eigenvalue weighted by atomic mass is 16.5. The maximum absolute atomic E-state index is 12.3. The van der Waals surface area contributed by atoms with Crippen molar-refractivity contribution >= 4 is 16.8 Å². The summed E-state index contributed by atoms with van der Waals surface area (Å²) < 4.78 is 7.07. The Hall–Kier alpha value is -2.76. The molecule has 3 rings (SSSR count). The molecule has 3 aromatic rings. The monoisotopic (exact) mass is 284 g/mol. The number of fused-ring (bicyclic) bond motifs is 1. The fourth-order valence-electron chi connectivity index (χ4n) is 2.32. The van der Waals surface area contributed by atoms with Crippen LogP contribution < -0.4 is 10.1 Å². The average Bonchev–Trinajstić information content (AvgIpc) is 3.12. The number of carbonyl (C=O) groups is 1. The Morgan fingerprint density at radius 3 is 3.00 bits per heavy atom. The van der Waals surface area contributed by atoms with Crippen molar-refractivity contribution in [1.82, 2.24) is 19.9 Å². The highest BCUT2D eigenvalue weighted by molar-refractivity contribution is 5.98. The molecule has 108 valence electrons. The first-order chi connectivity index (χ1) is 10.2. The molecule has 0 spiro atoms. The van der Waals surface area contributed by atoms with Crippen molar-refractivity contribution in [1.29, 1.82) is 0 Å². The van der Waals surface area contributed by atoms with E-state index in [0.29, 0.717) is 12.2 Å². The lowest BCUT2D eigenvalue weighted by atomic mass is 10.2. The number of rotatable bonds is 4. The van der Waals surface area contributed by atoms with Crippen LogP contribution in [0.3, 0.4) is 0 Å². The molecule has 2 aromatic heterocycles. The molecule has 0 unspecified atom stereocenters. The zero-order chi connectivity index (χ0) is 14.8. The summed E-state index contributed by atoms with van der Waals surface area (Å²) >= 11 is 0. The van der Waals surface area contributed by atoms with Gasteiger partial charge in [0.1, 0.15) is 17.3 Å². The zero-order valence-corrected chi connectivity index (χ0v) is 11.9. The number of methoxy groups -OCH3 is 1. The van der Waals surface area contributed by atoms with Gasteiger partial charge in [0.05, 0.1) is 13.7 Å². The van der Waals surface area contributed by atoms with Crippen molar-refractivity contribution in [2.75, 3.05) is 7.11 Å². The predicted octanol–water partition coefficient (Wildman–Crippen LogP) is 1.84. The summed E-state index contributed by atoms with van der Waals surface area (Å²) in [5.41, 5.74) is 1.59. The van der Waals surface area contributed by atoms with E-state index in [0.717, 1.165) is 22.5 Å². The Bertz CT molecular complexity index is 774. The minimum absolute atomic E-state index is 0.135. The van der Waals surface area contributed by atoms with E-state index in [1.54, 1.807) is 19.5 Å². The zero-order valence-electron chi connectivity index (χ0n) is 11.9. The minimum Gasteiger partial charge on any atom is -0.497 e. The number of aromatic nitrogens is 3. The van der Waals surface area contributed by atoms with Crippen LogP contribution in [0.25, 0.3) is 10.9 Å². The van der Waals surface area contributed by atoms with Crippen molar-refractivity contribution in [3.8, 4) is 5.75 Å². The summed E-state index contributed by atoms with van der Waals surface area (Å²) in [5.74, 6) is 1.36. The summed E-state index contributed by atoms with van der Waals surface area (Å²) in [4.78, 5) is 19.3. The van der Waals surface area contributed by atoms with Gasteiger partial charge < -0.3 is 19.6 Å². The largest absolute Gasteiger partial charge is 0.497 e. The first kappa shape index (κ1) is 13.2. The van der Waals surface area contributed by atoms with Crippen LogP contribution in [-0.4, -0.2) is 27.6 Å². The second-order valence-electron chi connectivity index (χ2n) is 4.73. The Morgan fingerprint density at radius 2 is 2.29 bits per heavy atom. The number of ether oxygens (including phenoxy) is 1. The Labute approximate surface area is 121 Å². The fraction of sp³-hybridized carbons (Fsp3) is 0.200. The van der Waals surface area contributed by atoms with Gasteiger partial charge in [-0.1, -0.05) is 0 Å². The Morgan fingerprint density at radius 1 is 1.43 bits per heavy atom. The van der Waals surface area contributed by atoms with Crippen LogP contribution >= 0.6 is 0 Å². The number of aryl methyl sites for hydroxylation is 1. The molecule has 6 heteroatoms. The maximum atomic E-state index is 12.3. The van der Waals surface area contributed by atoms with Crippen LogP contribution in [-0.2, 0) is 13.6 Å². The summed E-state index contributed by atoms with van der Waals surface area (Å²) in [6.07, 6.45) is 3.38. The minimum atomic E-state index is -0.135. The predicted molar refractivity (Wildman–Crippen MR) is 79.2 cm³/mol. The van der Waals surface area contributed by atoms with E-state index < -0.39 is 0 Å². The normalized spacial score (nSPS) is 10.8. The van der Waals surface area contributed by atoms with Crippen LogP contribution in [0.4, 0.5) is 0 Å². The van der Waals surface area contributed by atoms with Gasteiger partial charge in [0.2, 0.25) is 0 Å². The number of hydrogen-bond acceptors (Lipinski definition) is 3. The van der Waals surface area contributed by atoms with Gasteiger partial charge in [-0.25, -0.2) is 4.98 Å². The van der Waals surface area contributed by atoms with Crippen LogP contribution in [0.2, 0.25) is 0 Å². The van der Waals surface area contributed by atoms with E-state index in [-0.39, 0.29) is 5.91 Å². The molecule has 1 amide bonds. The third-order valence-corrected chi connectivity index (χ3v) is 3.45. The quantitative estimate of drug-likeness (QED) is 0.768. The Balaban J connectivity index is 1.85. The topological polar surface area (TPSA) is 71.9 Å². The van der Waals surface area contributed by atoms with E-state index >= 15 is 0 Å². The van der Waals surface area contributed by atoms with Gasteiger partial charge in [0.25, 0.3) is 5.91 Å². The third kappa shape index (κ3) is 2.47. The molecule has 2 N–H and O–H groups in total. The smallest absolute Gasteiger partial charge is 0.268 e. The molecule has 0 aliphatic rings. The molecule has 0 fully saturated rings. The number of carbonyl (C=O) groups excluding carboxylic acids is 1. The van der Waals surface area contributed by atoms with Crippen LogP contribution in [0.5, 0.6) is 5.75 Å². The average molecular weight is 284 g/mol. The van der Waals surface area contributed by atoms with Gasteiger partial charge >= 0.3 is 0 Å². The van der Waals surface area contributed by atoms with Crippen molar-refractivity contribution in [2.24, 2.45) is 7.05 Å². The van der Waals surface area contributed by atoms with Gasteiger partial charge in [0.15, 0.2) is 0 Å². The van der Waals surface area contributed by atoms with Crippen molar-refractivity contribution in [3.63, 3.8) is 0 Å². The molecule has 0 aliphatic heterocycles. The molecule has 1 aromatic carbocycles. The second kappa shape index (κ2) is 5.32. The number of benzene rings is 1. The summed E-state index contributed by atoms with van der Waals surface area (Å²) in [6.45, 7) is 0.372. The highest BCUT2D eigenvalue weighted by Crippen LogP contribution is 2.23. The van der Waals surface area contributed by atoms with Crippen molar-refractivity contribution < 1.29 is 9.53 Å². The molecule has 0 bridgehead atoms. The number of nitrogens with zero attached hydrogens (tertiary/aromatic N) is 2. The lowest BCUT2D eigenvalue weighted by molar-refractivity contribution is 0.0942. The van der Waals surface area contributed by atoms with Gasteiger partial charge in [-0.3, -0.25) is 4.79 Å². The number of H-pyrrole nitrogens is 1. The van der Waals surface area contributed by atoms with Crippen molar-refractivity contribution in [2.45, 2.75) is 6.54 Å². The van der Waals surface area contributed by atoms with E-state index in [1.807, 2.05) is 35.9 Å². The Kier molecular flexibility index (Phi) is 3.35. The second-order valence-corrected chi connectivity index (χ2v) is 4.73. The molecule has 21 heavy (non-hydrogen) atoms. The number of nitrogens with one attached hydrogen (secondary N) is 2. The summed E-state index contributed by atoms with van der Waals surface area (Å²) in [7, 11) is 3.50. The molecule has 2 heterocycles. The van der Waals surface area contributed by atoms with Gasteiger partial charge in [-0.05, 0) is 24.3 Å². The SMILES string of the molecule is COc1ccc2c(c1)cc(C(=O)NCc1ncc[nH]1)n2C. The van der Waals surface area contributed by atoms with Crippen LogP contribution in [0.1, 0.15) is 16.3 Å². The lowest BCUT2D eigenvalue weighted by Crippen LogP contribution is -2.25. The molecule has 0 saturated heterocycles. The molecule has 0 atom stereocenters. The van der Waals surface area contributed by atoms with E-state index in [4.69, 9.17) is 4.74 Å². The van der Waals surface area contributed by atoms with Crippen LogP contribution in [0.15, 0.2) is 36.7 Å². The first-order valence-electron chi connectivity index (χ1n) is 6.59. The number of imidazole rings is 1. The van der Waals surface area contributed by atoms with Crippen LogP contribution in [0, 0.1) is 0 Å². The molecule has 0 aliphatic carbocycles. The van der Waals surface area contributed by atoms with E-state index in [1.165, 1.54) is 0 Å². The van der Waals surface area contributed by atoms with E-state index in [9.17, 15) is 4.79 Å². The highest BCUT2D eigenvalue weighted by Gasteiger charge is 2.13. The lowest BCUT2D eigenvalue weighted by Gasteiger charge is -2.05. The number of aromatic amines is 1. The standard InChI is InChI=1S/C15H16N4O2/c1-19-12-4-3-11(21-2)7-10(12)8-13(19)15(20)18-9-14-16-5-6-17-14/h3-8H,9H2,1-2H3,(H,16,17)(H,18,20). The van der Waals surface area contributed by atoms with Gasteiger partial charge in [-0.15, -0.1) is 0 Å². The van der Waals surface area contributed by atoms with Crippen molar-refractivity contribution in [3.05, 3.63) is 48.2 Å². The molecular formula is C15H16N4O2. The number of hydrogen-bond donors (Lipinski definition) is 2. The molecule has 0 radical (unpaired) electrons.